The zero-order valence-corrected chi connectivity index (χ0v) is 19.7. The summed E-state index contributed by atoms with van der Waals surface area (Å²) in [6.07, 6.45) is 0.928. The number of nitrogens with zero attached hydrogens (tertiary/aromatic N) is 2. The molecule has 1 N–H and O–H groups in total. The lowest BCUT2D eigenvalue weighted by Crippen LogP contribution is -2.47. The second kappa shape index (κ2) is 11.7. The number of hydrogen-bond donors (Lipinski definition) is 1. The minimum atomic E-state index is -3.80. The van der Waals surface area contributed by atoms with Crippen molar-refractivity contribution >= 4 is 27.5 Å². The Morgan fingerprint density at radius 3 is 2.21 bits per heavy atom. The van der Waals surface area contributed by atoms with Gasteiger partial charge in [0.15, 0.2) is 0 Å². The Labute approximate surface area is 193 Å². The number of likely N-dealkylation sites (N-methyl/N-ethyl adjacent to an activating group) is 1. The number of benzene rings is 2. The quantitative estimate of drug-likeness (QED) is 0.535. The molecule has 2 amide bonds. The van der Waals surface area contributed by atoms with Gasteiger partial charge in [-0.3, -0.25) is 13.9 Å². The molecule has 2 rings (SSSR count). The third kappa shape index (κ3) is 7.24. The van der Waals surface area contributed by atoms with Crippen LogP contribution in [0, 0.1) is 11.6 Å². The lowest BCUT2D eigenvalue weighted by molar-refractivity contribution is -0.140. The van der Waals surface area contributed by atoms with Gasteiger partial charge < -0.3 is 10.2 Å². The molecule has 0 unspecified atom stereocenters. The number of sulfonamides is 1. The van der Waals surface area contributed by atoms with Crippen LogP contribution in [0.3, 0.4) is 0 Å². The standard InChI is InChI=1S/C23H29F2N3O4S/c1-4-26-23(30)17(2)27(16-18-10-5-6-11-19(18)24)22(29)14-9-15-28(33(3,31)32)21-13-8-7-12-20(21)25/h5-8,10-13,17H,4,9,14-16H2,1-3H3,(H,26,30)/t17-/m0/s1. The first-order valence-electron chi connectivity index (χ1n) is 10.6. The van der Waals surface area contributed by atoms with Gasteiger partial charge in [-0.05, 0) is 38.5 Å². The van der Waals surface area contributed by atoms with Gasteiger partial charge in [-0.15, -0.1) is 0 Å². The van der Waals surface area contributed by atoms with E-state index in [4.69, 9.17) is 0 Å². The number of amides is 2. The number of carbonyl (C=O) groups excluding carboxylic acids is 2. The van der Waals surface area contributed by atoms with Crippen LogP contribution in [0.1, 0.15) is 32.3 Å². The number of hydrogen-bond acceptors (Lipinski definition) is 4. The maximum Gasteiger partial charge on any atom is 0.242 e. The highest BCUT2D eigenvalue weighted by Crippen LogP contribution is 2.22. The summed E-state index contributed by atoms with van der Waals surface area (Å²) in [7, 11) is -3.80. The van der Waals surface area contributed by atoms with Gasteiger partial charge in [0.1, 0.15) is 17.7 Å². The van der Waals surface area contributed by atoms with Crippen LogP contribution in [0.2, 0.25) is 0 Å². The van der Waals surface area contributed by atoms with Crippen LogP contribution in [0.15, 0.2) is 48.5 Å². The van der Waals surface area contributed by atoms with Crippen LogP contribution in [-0.2, 0) is 26.2 Å². The lowest BCUT2D eigenvalue weighted by Gasteiger charge is -2.29. The summed E-state index contributed by atoms with van der Waals surface area (Å²) in [5, 5.41) is 2.65. The highest BCUT2D eigenvalue weighted by atomic mass is 32.2. The maximum atomic E-state index is 14.2. The minimum absolute atomic E-state index is 0.0795. The van der Waals surface area contributed by atoms with Crippen LogP contribution in [-0.4, -0.2) is 50.5 Å². The van der Waals surface area contributed by atoms with Crippen LogP contribution in [0.5, 0.6) is 0 Å². The molecule has 7 nitrogen and oxygen atoms in total. The predicted molar refractivity (Wildman–Crippen MR) is 123 cm³/mol. The van der Waals surface area contributed by atoms with E-state index in [1.165, 1.54) is 41.3 Å². The summed E-state index contributed by atoms with van der Waals surface area (Å²) in [6.45, 7) is 3.42. The Morgan fingerprint density at radius 1 is 1.03 bits per heavy atom. The Hall–Kier alpha value is -3.01. The van der Waals surface area contributed by atoms with Gasteiger partial charge in [0, 0.05) is 31.6 Å². The van der Waals surface area contributed by atoms with E-state index in [0.717, 1.165) is 16.6 Å². The van der Waals surface area contributed by atoms with E-state index in [2.05, 4.69) is 5.32 Å². The molecular formula is C23H29F2N3O4S. The van der Waals surface area contributed by atoms with Gasteiger partial charge in [-0.2, -0.15) is 0 Å². The van der Waals surface area contributed by atoms with E-state index >= 15 is 0 Å². The average Bonchev–Trinajstić information content (AvgIpc) is 2.75. The van der Waals surface area contributed by atoms with Crippen molar-refractivity contribution in [1.29, 1.82) is 0 Å². The van der Waals surface area contributed by atoms with E-state index in [9.17, 15) is 26.8 Å². The Bertz CT molecular complexity index is 1080. The number of halogens is 2. The number of para-hydroxylation sites is 1. The predicted octanol–water partition coefficient (Wildman–Crippen LogP) is 3.06. The van der Waals surface area contributed by atoms with Gasteiger partial charge >= 0.3 is 0 Å². The van der Waals surface area contributed by atoms with Crippen LogP contribution >= 0.6 is 0 Å². The Balaban J connectivity index is 2.18. The molecule has 0 aliphatic rings. The average molecular weight is 482 g/mol. The van der Waals surface area contributed by atoms with Crippen molar-refractivity contribution in [1.82, 2.24) is 10.2 Å². The fourth-order valence-corrected chi connectivity index (χ4v) is 4.32. The number of rotatable bonds is 11. The molecule has 0 fully saturated rings. The van der Waals surface area contributed by atoms with Crippen LogP contribution in [0.25, 0.3) is 0 Å². The van der Waals surface area contributed by atoms with E-state index in [1.807, 2.05) is 0 Å². The summed E-state index contributed by atoms with van der Waals surface area (Å²) in [5.41, 5.74) is 0.150. The molecule has 2 aromatic rings. The highest BCUT2D eigenvalue weighted by Gasteiger charge is 2.27. The third-order valence-corrected chi connectivity index (χ3v) is 6.27. The largest absolute Gasteiger partial charge is 0.355 e. The first-order valence-corrected chi connectivity index (χ1v) is 12.4. The fourth-order valence-electron chi connectivity index (χ4n) is 3.35. The molecule has 0 aliphatic heterocycles. The monoisotopic (exact) mass is 481 g/mol. The topological polar surface area (TPSA) is 86.8 Å². The van der Waals surface area contributed by atoms with Gasteiger partial charge in [0.25, 0.3) is 0 Å². The fraction of sp³-hybridized carbons (Fsp3) is 0.391. The smallest absolute Gasteiger partial charge is 0.242 e. The van der Waals surface area contributed by atoms with Gasteiger partial charge in [-0.25, -0.2) is 17.2 Å². The molecule has 0 bridgehead atoms. The van der Waals surface area contributed by atoms with Crippen LogP contribution < -0.4 is 9.62 Å². The molecule has 10 heteroatoms. The van der Waals surface area contributed by atoms with Crippen molar-refractivity contribution in [2.75, 3.05) is 23.7 Å². The van der Waals surface area contributed by atoms with Crippen molar-refractivity contribution in [2.24, 2.45) is 0 Å². The Kier molecular flexibility index (Phi) is 9.33. The Morgan fingerprint density at radius 2 is 1.64 bits per heavy atom. The molecule has 0 spiro atoms. The third-order valence-electron chi connectivity index (χ3n) is 5.09. The molecule has 0 heterocycles. The molecule has 0 saturated heterocycles. The molecule has 0 aliphatic carbocycles. The second-order valence-corrected chi connectivity index (χ2v) is 9.48. The zero-order valence-electron chi connectivity index (χ0n) is 18.9. The van der Waals surface area contributed by atoms with Crippen molar-refractivity contribution in [3.05, 3.63) is 65.7 Å². The molecule has 180 valence electrons. The van der Waals surface area contributed by atoms with E-state index in [0.29, 0.717) is 6.54 Å². The van der Waals surface area contributed by atoms with Crippen molar-refractivity contribution < 1.29 is 26.8 Å². The summed E-state index contributed by atoms with van der Waals surface area (Å²) >= 11 is 0. The van der Waals surface area contributed by atoms with E-state index in [1.54, 1.807) is 19.9 Å². The van der Waals surface area contributed by atoms with Crippen LogP contribution in [0.4, 0.5) is 14.5 Å². The molecule has 1 atom stereocenters. The molecule has 0 radical (unpaired) electrons. The number of nitrogens with one attached hydrogen (secondary N) is 1. The van der Waals surface area contributed by atoms with Gasteiger partial charge in [-0.1, -0.05) is 30.3 Å². The van der Waals surface area contributed by atoms with E-state index < -0.39 is 33.6 Å². The molecular weight excluding hydrogens is 452 g/mol. The number of carbonyl (C=O) groups is 2. The van der Waals surface area contributed by atoms with Crippen molar-refractivity contribution in [3.8, 4) is 0 Å². The van der Waals surface area contributed by atoms with Gasteiger partial charge in [0.2, 0.25) is 21.8 Å². The molecule has 0 aromatic heterocycles. The zero-order chi connectivity index (χ0) is 24.6. The second-order valence-electron chi connectivity index (χ2n) is 7.57. The normalized spacial score (nSPS) is 12.2. The van der Waals surface area contributed by atoms with Crippen molar-refractivity contribution in [3.63, 3.8) is 0 Å². The first-order chi connectivity index (χ1) is 15.6. The number of anilines is 1. The lowest BCUT2D eigenvalue weighted by atomic mass is 10.1. The highest BCUT2D eigenvalue weighted by molar-refractivity contribution is 7.92. The van der Waals surface area contributed by atoms with Crippen molar-refractivity contribution in [2.45, 2.75) is 39.3 Å². The summed E-state index contributed by atoms with van der Waals surface area (Å²) in [5.74, 6) is -2.02. The summed E-state index contributed by atoms with van der Waals surface area (Å²) < 4.78 is 53.7. The molecule has 2 aromatic carbocycles. The SMILES string of the molecule is CCNC(=O)[C@H](C)N(Cc1ccccc1F)C(=O)CCCN(c1ccccc1F)S(C)(=O)=O. The van der Waals surface area contributed by atoms with Gasteiger partial charge in [0.05, 0.1) is 11.9 Å². The molecule has 33 heavy (non-hydrogen) atoms. The minimum Gasteiger partial charge on any atom is -0.355 e. The first kappa shape index (κ1) is 26.2. The maximum absolute atomic E-state index is 14.2. The summed E-state index contributed by atoms with van der Waals surface area (Å²) in [6, 6.07) is 10.6. The molecule has 0 saturated carbocycles. The summed E-state index contributed by atoms with van der Waals surface area (Å²) in [4.78, 5) is 26.7. The van der Waals surface area contributed by atoms with E-state index in [-0.39, 0.29) is 43.1 Å².